The first kappa shape index (κ1) is 14.0. The number of nitrogens with one attached hydrogen (secondary N) is 1. The van der Waals surface area contributed by atoms with Gasteiger partial charge in [-0.1, -0.05) is 12.8 Å². The SMILES string of the molecule is CCN(c1ccnc(NS(C)(=O)=O)n1)C1CCCC1. The second-order valence-corrected chi connectivity index (χ2v) is 6.59. The van der Waals surface area contributed by atoms with Gasteiger partial charge in [0.15, 0.2) is 0 Å². The molecular weight excluding hydrogens is 264 g/mol. The van der Waals surface area contributed by atoms with E-state index in [2.05, 4.69) is 26.5 Å². The molecule has 1 N–H and O–H groups in total. The molecule has 1 aliphatic rings. The zero-order chi connectivity index (χ0) is 13.9. The van der Waals surface area contributed by atoms with E-state index in [-0.39, 0.29) is 5.95 Å². The minimum Gasteiger partial charge on any atom is -0.354 e. The van der Waals surface area contributed by atoms with Crippen LogP contribution >= 0.6 is 0 Å². The fourth-order valence-corrected chi connectivity index (χ4v) is 2.98. The lowest BCUT2D eigenvalue weighted by molar-refractivity contribution is 0.605. The predicted molar refractivity (Wildman–Crippen MR) is 75.8 cm³/mol. The van der Waals surface area contributed by atoms with E-state index in [1.165, 1.54) is 25.7 Å². The molecule has 1 aliphatic carbocycles. The maximum Gasteiger partial charge on any atom is 0.238 e. The van der Waals surface area contributed by atoms with Crippen molar-refractivity contribution in [3.63, 3.8) is 0 Å². The fourth-order valence-electron chi connectivity index (χ4n) is 2.55. The maximum absolute atomic E-state index is 11.2. The third kappa shape index (κ3) is 3.79. The second kappa shape index (κ2) is 5.73. The van der Waals surface area contributed by atoms with E-state index in [1.54, 1.807) is 6.20 Å². The summed E-state index contributed by atoms with van der Waals surface area (Å²) in [5.74, 6) is 0.923. The summed E-state index contributed by atoms with van der Waals surface area (Å²) in [6, 6.07) is 2.33. The molecule has 6 nitrogen and oxygen atoms in total. The van der Waals surface area contributed by atoms with Crippen molar-refractivity contribution in [2.75, 3.05) is 22.4 Å². The van der Waals surface area contributed by atoms with E-state index >= 15 is 0 Å². The van der Waals surface area contributed by atoms with Crippen molar-refractivity contribution >= 4 is 21.8 Å². The summed E-state index contributed by atoms with van der Waals surface area (Å²) in [7, 11) is -3.34. The normalized spacial score (nSPS) is 16.5. The first-order valence-electron chi connectivity index (χ1n) is 6.57. The van der Waals surface area contributed by atoms with Crippen LogP contribution in [0.25, 0.3) is 0 Å². The molecule has 1 saturated carbocycles. The van der Waals surface area contributed by atoms with Crippen LogP contribution < -0.4 is 9.62 Å². The topological polar surface area (TPSA) is 75.2 Å². The number of rotatable bonds is 5. The molecule has 0 aromatic carbocycles. The third-order valence-electron chi connectivity index (χ3n) is 3.32. The molecule has 1 heterocycles. The van der Waals surface area contributed by atoms with Crippen LogP contribution in [0.1, 0.15) is 32.6 Å². The van der Waals surface area contributed by atoms with E-state index < -0.39 is 10.0 Å². The van der Waals surface area contributed by atoms with Gasteiger partial charge in [-0.15, -0.1) is 0 Å². The van der Waals surface area contributed by atoms with Gasteiger partial charge in [0.2, 0.25) is 16.0 Å². The summed E-state index contributed by atoms with van der Waals surface area (Å²) in [6.07, 6.45) is 7.53. The summed E-state index contributed by atoms with van der Waals surface area (Å²) in [5.41, 5.74) is 0. The van der Waals surface area contributed by atoms with E-state index in [0.717, 1.165) is 18.6 Å². The number of aromatic nitrogens is 2. The lowest BCUT2D eigenvalue weighted by Gasteiger charge is -2.28. The Morgan fingerprint density at radius 2 is 2.11 bits per heavy atom. The molecule has 1 fully saturated rings. The van der Waals surface area contributed by atoms with E-state index in [1.807, 2.05) is 6.07 Å². The third-order valence-corrected chi connectivity index (χ3v) is 3.87. The molecule has 0 unspecified atom stereocenters. The maximum atomic E-state index is 11.2. The highest BCUT2D eigenvalue weighted by Crippen LogP contribution is 2.27. The largest absolute Gasteiger partial charge is 0.354 e. The van der Waals surface area contributed by atoms with Crippen LogP contribution in [0, 0.1) is 0 Å². The fraction of sp³-hybridized carbons (Fsp3) is 0.667. The Balaban J connectivity index is 2.20. The van der Waals surface area contributed by atoms with Gasteiger partial charge < -0.3 is 4.90 Å². The Bertz CT molecular complexity index is 526. The Hall–Kier alpha value is -1.37. The summed E-state index contributed by atoms with van der Waals surface area (Å²) >= 11 is 0. The van der Waals surface area contributed by atoms with Crippen LogP contribution in [-0.4, -0.2) is 37.2 Å². The molecule has 1 aromatic rings. The van der Waals surface area contributed by atoms with Crippen LogP contribution in [0.5, 0.6) is 0 Å². The Morgan fingerprint density at radius 1 is 1.42 bits per heavy atom. The van der Waals surface area contributed by atoms with Crippen molar-refractivity contribution in [3.05, 3.63) is 12.3 Å². The average molecular weight is 284 g/mol. The molecule has 1 aromatic heterocycles. The van der Waals surface area contributed by atoms with Crippen molar-refractivity contribution in [2.24, 2.45) is 0 Å². The van der Waals surface area contributed by atoms with Crippen molar-refractivity contribution in [3.8, 4) is 0 Å². The molecule has 0 amide bonds. The number of hydrogen-bond donors (Lipinski definition) is 1. The molecule has 19 heavy (non-hydrogen) atoms. The lowest BCUT2D eigenvalue weighted by Crippen LogP contribution is -2.33. The summed E-state index contributed by atoms with van der Waals surface area (Å²) in [4.78, 5) is 10.5. The van der Waals surface area contributed by atoms with Crippen LogP contribution in [-0.2, 0) is 10.0 Å². The van der Waals surface area contributed by atoms with Crippen LogP contribution in [0.3, 0.4) is 0 Å². The van der Waals surface area contributed by atoms with Gasteiger partial charge >= 0.3 is 0 Å². The van der Waals surface area contributed by atoms with E-state index in [0.29, 0.717) is 6.04 Å². The highest BCUT2D eigenvalue weighted by atomic mass is 32.2. The molecule has 0 radical (unpaired) electrons. The minimum atomic E-state index is -3.34. The van der Waals surface area contributed by atoms with E-state index in [4.69, 9.17) is 0 Å². The standard InChI is InChI=1S/C12H20N4O2S/c1-3-16(10-6-4-5-7-10)11-8-9-13-12(14-11)15-19(2,17)18/h8-10H,3-7H2,1-2H3,(H,13,14,15). The first-order chi connectivity index (χ1) is 8.99. The molecule has 0 bridgehead atoms. The number of nitrogens with zero attached hydrogens (tertiary/aromatic N) is 3. The minimum absolute atomic E-state index is 0.136. The molecule has 106 valence electrons. The molecule has 7 heteroatoms. The number of anilines is 2. The number of hydrogen-bond acceptors (Lipinski definition) is 5. The van der Waals surface area contributed by atoms with Gasteiger partial charge in [-0.25, -0.2) is 13.4 Å². The highest BCUT2D eigenvalue weighted by Gasteiger charge is 2.22. The Labute approximate surface area is 114 Å². The summed E-state index contributed by atoms with van der Waals surface area (Å²) in [5, 5.41) is 0. The smallest absolute Gasteiger partial charge is 0.238 e. The Kier molecular flexibility index (Phi) is 4.24. The zero-order valence-corrected chi connectivity index (χ0v) is 12.2. The van der Waals surface area contributed by atoms with Gasteiger partial charge in [0.05, 0.1) is 6.26 Å². The van der Waals surface area contributed by atoms with Crippen molar-refractivity contribution in [2.45, 2.75) is 38.6 Å². The molecular formula is C12H20N4O2S. The van der Waals surface area contributed by atoms with Gasteiger partial charge in [-0.2, -0.15) is 4.98 Å². The van der Waals surface area contributed by atoms with Gasteiger partial charge in [-0.05, 0) is 25.8 Å². The predicted octanol–water partition coefficient (Wildman–Crippen LogP) is 1.62. The average Bonchev–Trinajstić information content (AvgIpc) is 2.82. The zero-order valence-electron chi connectivity index (χ0n) is 11.3. The Morgan fingerprint density at radius 3 is 2.68 bits per heavy atom. The molecule has 0 aliphatic heterocycles. The van der Waals surface area contributed by atoms with Crippen LogP contribution in [0.2, 0.25) is 0 Å². The summed E-state index contributed by atoms with van der Waals surface area (Å²) in [6.45, 7) is 2.95. The van der Waals surface area contributed by atoms with Crippen molar-refractivity contribution in [1.82, 2.24) is 9.97 Å². The highest BCUT2D eigenvalue weighted by molar-refractivity contribution is 7.91. The van der Waals surface area contributed by atoms with Crippen LogP contribution in [0.15, 0.2) is 12.3 Å². The van der Waals surface area contributed by atoms with Gasteiger partial charge in [0.25, 0.3) is 0 Å². The van der Waals surface area contributed by atoms with Crippen molar-refractivity contribution in [1.29, 1.82) is 0 Å². The monoisotopic (exact) mass is 284 g/mol. The van der Waals surface area contributed by atoms with Gasteiger partial charge in [0.1, 0.15) is 5.82 Å². The molecule has 0 spiro atoms. The molecule has 2 rings (SSSR count). The first-order valence-corrected chi connectivity index (χ1v) is 8.46. The molecule has 0 atom stereocenters. The quantitative estimate of drug-likeness (QED) is 0.889. The lowest BCUT2D eigenvalue weighted by atomic mass is 10.2. The van der Waals surface area contributed by atoms with E-state index in [9.17, 15) is 8.42 Å². The molecule has 0 saturated heterocycles. The number of sulfonamides is 1. The summed E-state index contributed by atoms with van der Waals surface area (Å²) < 4.78 is 24.7. The second-order valence-electron chi connectivity index (χ2n) is 4.84. The van der Waals surface area contributed by atoms with Gasteiger partial charge in [0, 0.05) is 18.8 Å². The van der Waals surface area contributed by atoms with Crippen molar-refractivity contribution < 1.29 is 8.42 Å². The van der Waals surface area contributed by atoms with Gasteiger partial charge in [-0.3, -0.25) is 4.72 Å². The van der Waals surface area contributed by atoms with Crippen LogP contribution in [0.4, 0.5) is 11.8 Å².